The quantitative estimate of drug-likeness (QED) is 0.704. The van der Waals surface area contributed by atoms with Gasteiger partial charge in [-0.2, -0.15) is 0 Å². The first kappa shape index (κ1) is 16.9. The average Bonchev–Trinajstić information content (AvgIpc) is 2.98. The molecule has 2 amide bonds. The third-order valence-corrected chi connectivity index (χ3v) is 4.93. The van der Waals surface area contributed by atoms with Crippen LogP contribution in [-0.4, -0.2) is 50.6 Å². The molecule has 7 heteroatoms. The van der Waals surface area contributed by atoms with E-state index in [0.717, 1.165) is 37.8 Å². The van der Waals surface area contributed by atoms with E-state index in [0.29, 0.717) is 17.2 Å². The fourth-order valence-corrected chi connectivity index (χ4v) is 4.03. The van der Waals surface area contributed by atoms with Crippen LogP contribution in [0.2, 0.25) is 0 Å². The Morgan fingerprint density at radius 1 is 1.41 bits per heavy atom. The summed E-state index contributed by atoms with van der Waals surface area (Å²) in [5.41, 5.74) is 7.02. The van der Waals surface area contributed by atoms with E-state index in [1.165, 1.54) is 16.2 Å². The first-order chi connectivity index (χ1) is 10.5. The molecule has 6 nitrogen and oxygen atoms in total. The Hall–Kier alpha value is -1.44. The number of nitrogens with one attached hydrogen (secondary N) is 1. The molecule has 22 heavy (non-hydrogen) atoms. The van der Waals surface area contributed by atoms with Gasteiger partial charge in [-0.1, -0.05) is 0 Å². The number of likely N-dealkylation sites (N-methyl/N-ethyl adjacent to an activating group) is 1. The lowest BCUT2D eigenvalue weighted by molar-refractivity contribution is -0.117. The summed E-state index contributed by atoms with van der Waals surface area (Å²) >= 11 is 1.48. The van der Waals surface area contributed by atoms with Gasteiger partial charge in [0.15, 0.2) is 0 Å². The molecule has 1 heterocycles. The Labute approximate surface area is 134 Å². The van der Waals surface area contributed by atoms with Gasteiger partial charge in [0.2, 0.25) is 5.91 Å². The molecule has 0 saturated carbocycles. The predicted molar refractivity (Wildman–Crippen MR) is 87.5 cm³/mol. The van der Waals surface area contributed by atoms with Crippen molar-refractivity contribution in [2.75, 3.05) is 39.2 Å². The zero-order valence-electron chi connectivity index (χ0n) is 13.1. The first-order valence-corrected chi connectivity index (χ1v) is 8.26. The van der Waals surface area contributed by atoms with Gasteiger partial charge in [-0.25, -0.2) is 0 Å². The smallest absolute Gasteiger partial charge is 0.251 e. The third-order valence-electron chi connectivity index (χ3n) is 3.72. The summed E-state index contributed by atoms with van der Waals surface area (Å²) in [7, 11) is 3.55. The number of ether oxygens (including phenoxy) is 1. The molecule has 0 aromatic carbocycles. The highest BCUT2D eigenvalue weighted by Crippen LogP contribution is 2.38. The standard InChI is InChI=1S/C15H23N3O3S/c1-18(7-4-8-21-2)9-12(19)17-15-13(14(16)20)10-5-3-6-11(10)22-15/h3-9H2,1-2H3,(H2,16,20)(H,17,19). The highest BCUT2D eigenvalue weighted by Gasteiger charge is 2.26. The van der Waals surface area contributed by atoms with Crippen LogP contribution in [0.1, 0.15) is 33.6 Å². The Bertz CT molecular complexity index is 556. The molecule has 3 N–H and O–H groups in total. The molecule has 1 aromatic heterocycles. The van der Waals surface area contributed by atoms with E-state index in [4.69, 9.17) is 10.5 Å². The fourth-order valence-electron chi connectivity index (χ4n) is 2.72. The maximum Gasteiger partial charge on any atom is 0.251 e. The minimum absolute atomic E-state index is 0.123. The average molecular weight is 325 g/mol. The lowest BCUT2D eigenvalue weighted by Crippen LogP contribution is -2.31. The summed E-state index contributed by atoms with van der Waals surface area (Å²) in [4.78, 5) is 26.9. The van der Waals surface area contributed by atoms with Crippen LogP contribution in [0.15, 0.2) is 0 Å². The molecule has 0 radical (unpaired) electrons. The van der Waals surface area contributed by atoms with E-state index < -0.39 is 5.91 Å². The van der Waals surface area contributed by atoms with Crippen molar-refractivity contribution in [1.29, 1.82) is 0 Å². The van der Waals surface area contributed by atoms with Gasteiger partial charge < -0.3 is 15.8 Å². The van der Waals surface area contributed by atoms with Crippen molar-refractivity contribution in [2.24, 2.45) is 5.73 Å². The lowest BCUT2D eigenvalue weighted by atomic mass is 10.1. The van der Waals surface area contributed by atoms with E-state index in [-0.39, 0.29) is 12.5 Å². The molecule has 122 valence electrons. The second-order valence-corrected chi connectivity index (χ2v) is 6.66. The number of anilines is 1. The highest BCUT2D eigenvalue weighted by atomic mass is 32.1. The molecule has 0 fully saturated rings. The van der Waals surface area contributed by atoms with Gasteiger partial charge in [0.25, 0.3) is 5.91 Å². The molecule has 0 unspecified atom stereocenters. The Balaban J connectivity index is 1.96. The fraction of sp³-hybridized carbons (Fsp3) is 0.600. The Kier molecular flexibility index (Phi) is 5.93. The topological polar surface area (TPSA) is 84.7 Å². The van der Waals surface area contributed by atoms with E-state index in [1.54, 1.807) is 7.11 Å². The molecule has 2 rings (SSSR count). The molecule has 0 aliphatic heterocycles. The van der Waals surface area contributed by atoms with Gasteiger partial charge in [0, 0.05) is 25.1 Å². The zero-order chi connectivity index (χ0) is 16.1. The second kappa shape index (κ2) is 7.71. The van der Waals surface area contributed by atoms with Gasteiger partial charge in [-0.05, 0) is 38.3 Å². The maximum absolute atomic E-state index is 12.1. The molecule has 1 aromatic rings. The number of hydrogen-bond donors (Lipinski definition) is 2. The molecule has 1 aliphatic carbocycles. The van der Waals surface area contributed by atoms with Crippen LogP contribution in [0.5, 0.6) is 0 Å². The number of nitrogens with two attached hydrogens (primary N) is 1. The Morgan fingerprint density at radius 3 is 2.86 bits per heavy atom. The summed E-state index contributed by atoms with van der Waals surface area (Å²) in [6.45, 7) is 1.74. The van der Waals surface area contributed by atoms with E-state index >= 15 is 0 Å². The van der Waals surface area contributed by atoms with Crippen LogP contribution in [0.4, 0.5) is 5.00 Å². The van der Waals surface area contributed by atoms with Gasteiger partial charge in [0.05, 0.1) is 12.1 Å². The van der Waals surface area contributed by atoms with Crippen LogP contribution in [0, 0.1) is 0 Å². The van der Waals surface area contributed by atoms with Crippen LogP contribution in [0.3, 0.4) is 0 Å². The van der Waals surface area contributed by atoms with Crippen molar-refractivity contribution in [3.8, 4) is 0 Å². The summed E-state index contributed by atoms with van der Waals surface area (Å²) in [5.74, 6) is -0.578. The van der Waals surface area contributed by atoms with Gasteiger partial charge in [-0.3, -0.25) is 14.5 Å². The summed E-state index contributed by atoms with van der Waals surface area (Å²) in [6, 6.07) is 0. The normalized spacial score (nSPS) is 13.4. The monoisotopic (exact) mass is 325 g/mol. The molecular formula is C15H23N3O3S. The number of nitrogens with zero attached hydrogens (tertiary/aromatic N) is 1. The number of thiophene rings is 1. The van der Waals surface area contributed by atoms with Crippen molar-refractivity contribution >= 4 is 28.2 Å². The minimum Gasteiger partial charge on any atom is -0.385 e. The summed E-state index contributed by atoms with van der Waals surface area (Å²) in [6.07, 6.45) is 3.77. The number of carbonyl (C=O) groups is 2. The summed E-state index contributed by atoms with van der Waals surface area (Å²) in [5, 5.41) is 3.45. The molecule has 1 aliphatic rings. The maximum atomic E-state index is 12.1. The van der Waals surface area contributed by atoms with Crippen molar-refractivity contribution in [2.45, 2.75) is 25.7 Å². The second-order valence-electron chi connectivity index (χ2n) is 5.56. The molecule has 0 bridgehead atoms. The first-order valence-electron chi connectivity index (χ1n) is 7.44. The van der Waals surface area contributed by atoms with Gasteiger partial charge in [-0.15, -0.1) is 11.3 Å². The number of carbonyl (C=O) groups excluding carboxylic acids is 2. The number of primary amides is 1. The van der Waals surface area contributed by atoms with Crippen molar-refractivity contribution < 1.29 is 14.3 Å². The van der Waals surface area contributed by atoms with Crippen molar-refractivity contribution in [1.82, 2.24) is 4.90 Å². The zero-order valence-corrected chi connectivity index (χ0v) is 13.9. The van der Waals surface area contributed by atoms with Gasteiger partial charge in [0.1, 0.15) is 5.00 Å². The number of rotatable bonds is 8. The number of hydrogen-bond acceptors (Lipinski definition) is 5. The lowest BCUT2D eigenvalue weighted by Gasteiger charge is -2.15. The number of aryl methyl sites for hydroxylation is 1. The van der Waals surface area contributed by atoms with Crippen LogP contribution in [-0.2, 0) is 22.4 Å². The van der Waals surface area contributed by atoms with Crippen LogP contribution in [0.25, 0.3) is 0 Å². The molecular weight excluding hydrogens is 302 g/mol. The van der Waals surface area contributed by atoms with Crippen molar-refractivity contribution in [3.63, 3.8) is 0 Å². The molecule has 0 atom stereocenters. The van der Waals surface area contributed by atoms with Crippen molar-refractivity contribution in [3.05, 3.63) is 16.0 Å². The van der Waals surface area contributed by atoms with E-state index in [1.807, 2.05) is 11.9 Å². The van der Waals surface area contributed by atoms with E-state index in [2.05, 4.69) is 5.32 Å². The van der Waals surface area contributed by atoms with E-state index in [9.17, 15) is 9.59 Å². The SMILES string of the molecule is COCCCN(C)CC(=O)Nc1sc2c(c1C(N)=O)CCC2. The number of amides is 2. The van der Waals surface area contributed by atoms with Crippen LogP contribution >= 0.6 is 11.3 Å². The van der Waals surface area contributed by atoms with Crippen LogP contribution < -0.4 is 11.1 Å². The predicted octanol–water partition coefficient (Wildman–Crippen LogP) is 1.24. The minimum atomic E-state index is -0.455. The van der Waals surface area contributed by atoms with Gasteiger partial charge >= 0.3 is 0 Å². The third kappa shape index (κ3) is 4.06. The largest absolute Gasteiger partial charge is 0.385 e. The Morgan fingerprint density at radius 2 is 2.18 bits per heavy atom. The number of fused-ring (bicyclic) bond motifs is 1. The highest BCUT2D eigenvalue weighted by molar-refractivity contribution is 7.17. The summed E-state index contributed by atoms with van der Waals surface area (Å²) < 4.78 is 4.99. The molecule has 0 saturated heterocycles. The molecule has 0 spiro atoms. The number of methoxy groups -OCH3 is 1.